The van der Waals surface area contributed by atoms with Crippen LogP contribution in [0.3, 0.4) is 0 Å². The van der Waals surface area contributed by atoms with Gasteiger partial charge in [0.2, 0.25) is 5.91 Å². The van der Waals surface area contributed by atoms with E-state index in [1.54, 1.807) is 19.1 Å². The second-order valence-electron chi connectivity index (χ2n) is 9.15. The molecule has 3 atom stereocenters. The van der Waals surface area contributed by atoms with E-state index in [0.29, 0.717) is 50.2 Å². The summed E-state index contributed by atoms with van der Waals surface area (Å²) in [4.78, 5) is 13.8. The summed E-state index contributed by atoms with van der Waals surface area (Å²) in [5.74, 6) is 2.27. The average molecular weight is 451 g/mol. The molecule has 7 heteroatoms. The first kappa shape index (κ1) is 26.4. The second-order valence-corrected chi connectivity index (χ2v) is 9.15. The van der Waals surface area contributed by atoms with Gasteiger partial charge in [0.05, 0.1) is 19.8 Å². The molecule has 1 saturated heterocycles. The number of ether oxygens (including phenoxy) is 3. The highest BCUT2D eigenvalue weighted by molar-refractivity contribution is 5.76. The largest absolute Gasteiger partial charge is 0.493 e. The molecule has 2 rings (SSSR count). The number of aliphatic hydroxyl groups excluding tert-OH is 1. The monoisotopic (exact) mass is 450 g/mol. The lowest BCUT2D eigenvalue weighted by Crippen LogP contribution is -2.48. The zero-order valence-electron chi connectivity index (χ0n) is 20.2. The maximum Gasteiger partial charge on any atom is 0.222 e. The number of carbonyl (C=O) groups is 1. The molecule has 7 nitrogen and oxygen atoms in total. The van der Waals surface area contributed by atoms with Gasteiger partial charge in [-0.15, -0.1) is 0 Å². The highest BCUT2D eigenvalue weighted by Crippen LogP contribution is 2.31. The number of aliphatic hydroxyl groups is 1. The summed E-state index contributed by atoms with van der Waals surface area (Å²) in [6.45, 7) is 6.63. The van der Waals surface area contributed by atoms with E-state index in [1.807, 2.05) is 12.1 Å². The number of β-amino-alcohol motifs (C(OH)–C–C–N with tert-alkyl or cyclic N) is 1. The summed E-state index contributed by atoms with van der Waals surface area (Å²) in [5, 5.41) is 10.7. The number of benzene rings is 1. The molecule has 1 aromatic carbocycles. The number of carbonyl (C=O) groups excluding carboxylic acids is 1. The van der Waals surface area contributed by atoms with Crippen LogP contribution in [-0.4, -0.2) is 68.6 Å². The number of methoxy groups -OCH3 is 2. The van der Waals surface area contributed by atoms with Gasteiger partial charge in [-0.3, -0.25) is 4.79 Å². The SMILES string of the molecule is COCCCOc1cc(C[C@@H](C[C@H](N)[C@@H](O)CN2CCCCC2=O)C(C)C)ccc1OC. The Morgan fingerprint density at radius 1 is 1.16 bits per heavy atom. The molecule has 1 heterocycles. The molecule has 0 unspecified atom stereocenters. The number of rotatable bonds is 14. The van der Waals surface area contributed by atoms with Gasteiger partial charge >= 0.3 is 0 Å². The molecule has 0 spiro atoms. The standard InChI is InChI=1S/C25H42N2O5/c1-18(2)20(16-21(26)22(28)17-27-11-6-5-8-25(27)29)14-19-9-10-23(31-4)24(15-19)32-13-7-12-30-3/h9-10,15,18,20-22,28H,5-8,11-14,16-17,26H2,1-4H3/t20-,21-,22-/m0/s1. The van der Waals surface area contributed by atoms with E-state index in [2.05, 4.69) is 19.9 Å². The van der Waals surface area contributed by atoms with Gasteiger partial charge in [0.25, 0.3) is 0 Å². The van der Waals surface area contributed by atoms with Gasteiger partial charge in [0.15, 0.2) is 11.5 Å². The molecular weight excluding hydrogens is 408 g/mol. The van der Waals surface area contributed by atoms with Crippen LogP contribution in [0.2, 0.25) is 0 Å². The van der Waals surface area contributed by atoms with Crippen molar-refractivity contribution in [3.63, 3.8) is 0 Å². The first-order valence-electron chi connectivity index (χ1n) is 11.9. The fraction of sp³-hybridized carbons (Fsp3) is 0.720. The normalized spacial score (nSPS) is 17.3. The third-order valence-corrected chi connectivity index (χ3v) is 6.32. The minimum absolute atomic E-state index is 0.124. The summed E-state index contributed by atoms with van der Waals surface area (Å²) < 4.78 is 16.4. The van der Waals surface area contributed by atoms with Gasteiger partial charge in [0.1, 0.15) is 0 Å². The van der Waals surface area contributed by atoms with Crippen LogP contribution in [0.15, 0.2) is 18.2 Å². The van der Waals surface area contributed by atoms with Crippen molar-refractivity contribution in [3.05, 3.63) is 23.8 Å². The Labute approximate surface area is 193 Å². The van der Waals surface area contributed by atoms with Crippen molar-refractivity contribution in [2.24, 2.45) is 17.6 Å². The summed E-state index contributed by atoms with van der Waals surface area (Å²) in [6, 6.07) is 5.66. The van der Waals surface area contributed by atoms with E-state index in [9.17, 15) is 9.90 Å². The van der Waals surface area contributed by atoms with Gasteiger partial charge in [-0.1, -0.05) is 19.9 Å². The van der Waals surface area contributed by atoms with Crippen LogP contribution in [0.4, 0.5) is 0 Å². The summed E-state index contributed by atoms with van der Waals surface area (Å²) in [5.41, 5.74) is 7.55. The number of nitrogens with two attached hydrogens (primary N) is 1. The van der Waals surface area contributed by atoms with Gasteiger partial charge in [-0.05, 0) is 55.2 Å². The van der Waals surface area contributed by atoms with Gasteiger partial charge in [-0.25, -0.2) is 0 Å². The number of nitrogens with zero attached hydrogens (tertiary/aromatic N) is 1. The number of likely N-dealkylation sites (tertiary alicyclic amines) is 1. The fourth-order valence-corrected chi connectivity index (χ4v) is 4.16. The van der Waals surface area contributed by atoms with E-state index >= 15 is 0 Å². The highest BCUT2D eigenvalue weighted by Gasteiger charge is 2.27. The molecule has 0 radical (unpaired) electrons. The van der Waals surface area contributed by atoms with Crippen LogP contribution in [0.5, 0.6) is 11.5 Å². The fourth-order valence-electron chi connectivity index (χ4n) is 4.16. The molecule has 182 valence electrons. The van der Waals surface area contributed by atoms with Crippen LogP contribution in [0, 0.1) is 11.8 Å². The quantitative estimate of drug-likeness (QED) is 0.423. The van der Waals surface area contributed by atoms with Gasteiger partial charge in [-0.2, -0.15) is 0 Å². The van der Waals surface area contributed by atoms with Crippen LogP contribution < -0.4 is 15.2 Å². The van der Waals surface area contributed by atoms with E-state index in [1.165, 1.54) is 0 Å². The van der Waals surface area contributed by atoms with Crippen molar-refractivity contribution in [2.45, 2.75) is 64.5 Å². The molecule has 32 heavy (non-hydrogen) atoms. The molecule has 0 aromatic heterocycles. The predicted octanol–water partition coefficient (Wildman–Crippen LogP) is 3.02. The molecule has 1 fully saturated rings. The lowest BCUT2D eigenvalue weighted by Gasteiger charge is -2.32. The Hall–Kier alpha value is -1.83. The molecule has 1 aliphatic rings. The molecule has 0 aliphatic carbocycles. The third kappa shape index (κ3) is 8.26. The Morgan fingerprint density at radius 2 is 1.94 bits per heavy atom. The number of piperidine rings is 1. The van der Waals surface area contributed by atoms with Crippen LogP contribution in [-0.2, 0) is 16.0 Å². The Kier molecular flexibility index (Phi) is 11.3. The molecule has 3 N–H and O–H groups in total. The maximum absolute atomic E-state index is 12.1. The van der Waals surface area contributed by atoms with E-state index < -0.39 is 6.10 Å². The minimum Gasteiger partial charge on any atom is -0.493 e. The van der Waals surface area contributed by atoms with Crippen molar-refractivity contribution in [1.82, 2.24) is 4.90 Å². The highest BCUT2D eigenvalue weighted by atomic mass is 16.5. The van der Waals surface area contributed by atoms with Crippen molar-refractivity contribution in [2.75, 3.05) is 40.5 Å². The zero-order valence-corrected chi connectivity index (χ0v) is 20.2. The lowest BCUT2D eigenvalue weighted by molar-refractivity contribution is -0.135. The lowest BCUT2D eigenvalue weighted by atomic mass is 9.83. The first-order valence-corrected chi connectivity index (χ1v) is 11.9. The first-order chi connectivity index (χ1) is 15.3. The maximum atomic E-state index is 12.1. The smallest absolute Gasteiger partial charge is 0.222 e. The Morgan fingerprint density at radius 3 is 2.59 bits per heavy atom. The zero-order chi connectivity index (χ0) is 23.5. The Bertz CT molecular complexity index is 697. The summed E-state index contributed by atoms with van der Waals surface area (Å²) in [6.07, 6.45) is 4.13. The van der Waals surface area contributed by atoms with Crippen LogP contribution in [0.25, 0.3) is 0 Å². The number of hydrogen-bond donors (Lipinski definition) is 2. The summed E-state index contributed by atoms with van der Waals surface area (Å²) in [7, 11) is 3.32. The topological polar surface area (TPSA) is 94.3 Å². The third-order valence-electron chi connectivity index (χ3n) is 6.32. The summed E-state index contributed by atoms with van der Waals surface area (Å²) >= 11 is 0. The van der Waals surface area contributed by atoms with Crippen molar-refractivity contribution >= 4 is 5.91 Å². The van der Waals surface area contributed by atoms with Gasteiger partial charge in [0, 0.05) is 45.7 Å². The molecule has 0 bridgehead atoms. The molecule has 1 amide bonds. The van der Waals surface area contributed by atoms with Gasteiger partial charge < -0.3 is 30.0 Å². The second kappa shape index (κ2) is 13.7. The predicted molar refractivity (Wildman–Crippen MR) is 126 cm³/mol. The number of hydrogen-bond acceptors (Lipinski definition) is 6. The molecule has 0 saturated carbocycles. The van der Waals surface area contributed by atoms with Crippen molar-refractivity contribution < 1.29 is 24.1 Å². The Balaban J connectivity index is 1.98. The average Bonchev–Trinajstić information content (AvgIpc) is 2.77. The van der Waals surface area contributed by atoms with Crippen LogP contribution >= 0.6 is 0 Å². The van der Waals surface area contributed by atoms with Crippen LogP contribution in [0.1, 0.15) is 51.5 Å². The van der Waals surface area contributed by atoms with E-state index in [4.69, 9.17) is 19.9 Å². The van der Waals surface area contributed by atoms with E-state index in [0.717, 1.165) is 43.5 Å². The minimum atomic E-state index is -0.714. The van der Waals surface area contributed by atoms with Crippen molar-refractivity contribution in [1.29, 1.82) is 0 Å². The molecular formula is C25H42N2O5. The molecule has 1 aromatic rings. The van der Waals surface area contributed by atoms with E-state index in [-0.39, 0.29) is 11.9 Å². The molecule has 1 aliphatic heterocycles. The number of amides is 1. The van der Waals surface area contributed by atoms with Crippen molar-refractivity contribution in [3.8, 4) is 11.5 Å².